The Morgan fingerprint density at radius 2 is 1.90 bits per heavy atom. The van der Waals surface area contributed by atoms with Crippen LogP contribution in [0.15, 0.2) is 40.9 Å². The van der Waals surface area contributed by atoms with Gasteiger partial charge in [-0.2, -0.15) is 0 Å². The van der Waals surface area contributed by atoms with Crippen LogP contribution in [0.3, 0.4) is 0 Å². The van der Waals surface area contributed by atoms with Gasteiger partial charge in [0.1, 0.15) is 5.75 Å². The van der Waals surface area contributed by atoms with Gasteiger partial charge in [0.15, 0.2) is 0 Å². The van der Waals surface area contributed by atoms with Crippen molar-refractivity contribution >= 4 is 33.0 Å². The highest BCUT2D eigenvalue weighted by molar-refractivity contribution is 9.10. The van der Waals surface area contributed by atoms with Gasteiger partial charge < -0.3 is 15.8 Å². The lowest BCUT2D eigenvalue weighted by atomic mass is 10.2. The second-order valence-corrected chi connectivity index (χ2v) is 5.88. The lowest BCUT2D eigenvalue weighted by molar-refractivity contribution is 0.244. The molecule has 0 unspecified atom stereocenters. The zero-order valence-electron chi connectivity index (χ0n) is 11.9. The van der Waals surface area contributed by atoms with Crippen LogP contribution in [0.5, 0.6) is 5.75 Å². The number of hydrogen-bond acceptors (Lipinski definition) is 3. The van der Waals surface area contributed by atoms with E-state index >= 15 is 0 Å². The Labute approximate surface area is 128 Å². The molecular formula is C16H19BrN2O. The zero-order valence-corrected chi connectivity index (χ0v) is 13.5. The number of ether oxygens (including phenoxy) is 1. The van der Waals surface area contributed by atoms with Gasteiger partial charge >= 0.3 is 0 Å². The SMILES string of the molecule is Cc1ccc(Br)cc1Nc1cccc(OC(C)C)c1N. The van der Waals surface area contributed by atoms with Crippen molar-refractivity contribution in [3.05, 3.63) is 46.4 Å². The minimum absolute atomic E-state index is 0.0974. The van der Waals surface area contributed by atoms with Crippen molar-refractivity contribution in [2.75, 3.05) is 11.1 Å². The predicted molar refractivity (Wildman–Crippen MR) is 88.8 cm³/mol. The topological polar surface area (TPSA) is 47.3 Å². The summed E-state index contributed by atoms with van der Waals surface area (Å²) in [5, 5.41) is 3.36. The molecule has 0 aromatic heterocycles. The maximum atomic E-state index is 6.17. The fourth-order valence-corrected chi connectivity index (χ4v) is 2.24. The van der Waals surface area contributed by atoms with Crippen molar-refractivity contribution in [3.63, 3.8) is 0 Å². The van der Waals surface area contributed by atoms with E-state index in [4.69, 9.17) is 10.5 Å². The normalized spacial score (nSPS) is 10.7. The van der Waals surface area contributed by atoms with Crippen LogP contribution < -0.4 is 15.8 Å². The first kappa shape index (κ1) is 14.7. The summed E-state index contributed by atoms with van der Waals surface area (Å²) in [6.45, 7) is 6.02. The summed E-state index contributed by atoms with van der Waals surface area (Å²) >= 11 is 3.48. The van der Waals surface area contributed by atoms with Crippen molar-refractivity contribution in [3.8, 4) is 5.75 Å². The smallest absolute Gasteiger partial charge is 0.144 e. The van der Waals surface area contributed by atoms with Crippen LogP contribution in [0.1, 0.15) is 19.4 Å². The van der Waals surface area contributed by atoms with Crippen molar-refractivity contribution in [2.24, 2.45) is 0 Å². The standard InChI is InChI=1S/C16H19BrN2O/c1-10(2)20-15-6-4-5-13(16(15)18)19-14-9-12(17)8-7-11(14)3/h4-10,19H,18H2,1-3H3. The van der Waals surface area contributed by atoms with E-state index in [0.717, 1.165) is 21.4 Å². The molecule has 20 heavy (non-hydrogen) atoms. The molecule has 0 aliphatic carbocycles. The van der Waals surface area contributed by atoms with Crippen LogP contribution >= 0.6 is 15.9 Å². The van der Waals surface area contributed by atoms with E-state index in [1.807, 2.05) is 44.2 Å². The van der Waals surface area contributed by atoms with Crippen LogP contribution in [-0.2, 0) is 0 Å². The molecule has 0 saturated heterocycles. The quantitative estimate of drug-likeness (QED) is 0.784. The summed E-state index contributed by atoms with van der Waals surface area (Å²) in [5.41, 5.74) is 9.82. The maximum absolute atomic E-state index is 6.17. The Balaban J connectivity index is 2.32. The monoisotopic (exact) mass is 334 g/mol. The van der Waals surface area contributed by atoms with Crippen molar-refractivity contribution in [2.45, 2.75) is 26.9 Å². The second kappa shape index (κ2) is 6.18. The van der Waals surface area contributed by atoms with Crippen LogP contribution in [0.2, 0.25) is 0 Å². The molecule has 0 spiro atoms. The molecule has 2 aromatic rings. The van der Waals surface area contributed by atoms with Gasteiger partial charge in [-0.15, -0.1) is 0 Å². The van der Waals surface area contributed by atoms with Gasteiger partial charge in [-0.3, -0.25) is 0 Å². The van der Waals surface area contributed by atoms with E-state index in [9.17, 15) is 0 Å². The highest BCUT2D eigenvalue weighted by Gasteiger charge is 2.09. The van der Waals surface area contributed by atoms with Gasteiger partial charge in [-0.1, -0.05) is 28.1 Å². The fraction of sp³-hybridized carbons (Fsp3) is 0.250. The lowest BCUT2D eigenvalue weighted by Crippen LogP contribution is -2.08. The number of anilines is 3. The average Bonchev–Trinajstić information content (AvgIpc) is 2.38. The molecule has 0 radical (unpaired) electrons. The fourth-order valence-electron chi connectivity index (χ4n) is 1.88. The molecule has 0 aliphatic rings. The predicted octanol–water partition coefficient (Wildman–Crippen LogP) is 4.87. The number of nitrogens with one attached hydrogen (secondary N) is 1. The van der Waals surface area contributed by atoms with E-state index in [-0.39, 0.29) is 6.10 Å². The summed E-state index contributed by atoms with van der Waals surface area (Å²) in [5.74, 6) is 0.706. The molecule has 3 nitrogen and oxygen atoms in total. The zero-order chi connectivity index (χ0) is 14.7. The maximum Gasteiger partial charge on any atom is 0.144 e. The molecule has 0 atom stereocenters. The number of hydrogen-bond donors (Lipinski definition) is 2. The molecule has 0 fully saturated rings. The molecule has 0 amide bonds. The first-order chi connectivity index (χ1) is 9.47. The highest BCUT2D eigenvalue weighted by atomic mass is 79.9. The molecule has 2 rings (SSSR count). The van der Waals surface area contributed by atoms with Crippen molar-refractivity contribution in [1.29, 1.82) is 0 Å². The third-order valence-corrected chi connectivity index (χ3v) is 3.39. The average molecular weight is 335 g/mol. The van der Waals surface area contributed by atoms with Crippen LogP contribution in [-0.4, -0.2) is 6.10 Å². The van der Waals surface area contributed by atoms with Gasteiger partial charge in [0.25, 0.3) is 0 Å². The molecule has 3 N–H and O–H groups in total. The van der Waals surface area contributed by atoms with Crippen LogP contribution in [0, 0.1) is 6.92 Å². The van der Waals surface area contributed by atoms with Crippen molar-refractivity contribution < 1.29 is 4.74 Å². The Morgan fingerprint density at radius 1 is 1.15 bits per heavy atom. The molecule has 4 heteroatoms. The number of halogens is 1. The lowest BCUT2D eigenvalue weighted by Gasteiger charge is -2.16. The molecule has 0 heterocycles. The Kier molecular flexibility index (Phi) is 4.55. The first-order valence-corrected chi connectivity index (χ1v) is 7.35. The minimum atomic E-state index is 0.0974. The Hall–Kier alpha value is -1.68. The van der Waals surface area contributed by atoms with E-state index < -0.39 is 0 Å². The van der Waals surface area contributed by atoms with Crippen LogP contribution in [0.25, 0.3) is 0 Å². The Morgan fingerprint density at radius 3 is 2.60 bits per heavy atom. The van der Waals surface area contributed by atoms with Gasteiger partial charge in [0.2, 0.25) is 0 Å². The second-order valence-electron chi connectivity index (χ2n) is 4.97. The van der Waals surface area contributed by atoms with Gasteiger partial charge in [0, 0.05) is 10.2 Å². The van der Waals surface area contributed by atoms with Gasteiger partial charge in [-0.25, -0.2) is 0 Å². The minimum Gasteiger partial charge on any atom is -0.489 e. The Bertz CT molecular complexity index is 611. The van der Waals surface area contributed by atoms with E-state index in [0.29, 0.717) is 11.4 Å². The van der Waals surface area contributed by atoms with E-state index in [1.165, 1.54) is 0 Å². The molecule has 106 valence electrons. The van der Waals surface area contributed by atoms with Gasteiger partial charge in [-0.05, 0) is 50.6 Å². The molecular weight excluding hydrogens is 316 g/mol. The third-order valence-electron chi connectivity index (χ3n) is 2.90. The molecule has 2 aromatic carbocycles. The number of para-hydroxylation sites is 1. The number of nitrogen functional groups attached to an aromatic ring is 1. The largest absolute Gasteiger partial charge is 0.489 e. The van der Waals surface area contributed by atoms with Crippen LogP contribution in [0.4, 0.5) is 17.1 Å². The third kappa shape index (κ3) is 3.45. The summed E-state index contributed by atoms with van der Waals surface area (Å²) in [7, 11) is 0. The number of benzene rings is 2. The molecule has 0 aliphatic heterocycles. The van der Waals surface area contributed by atoms with Gasteiger partial charge in [0.05, 0.1) is 17.5 Å². The number of nitrogens with two attached hydrogens (primary N) is 1. The van der Waals surface area contributed by atoms with E-state index in [2.05, 4.69) is 34.2 Å². The molecule has 0 bridgehead atoms. The highest BCUT2D eigenvalue weighted by Crippen LogP contribution is 2.33. The molecule has 0 saturated carbocycles. The summed E-state index contributed by atoms with van der Waals surface area (Å²) in [6, 6.07) is 11.9. The number of aryl methyl sites for hydroxylation is 1. The van der Waals surface area contributed by atoms with Crippen molar-refractivity contribution in [1.82, 2.24) is 0 Å². The summed E-state index contributed by atoms with van der Waals surface area (Å²) in [6.07, 6.45) is 0.0974. The summed E-state index contributed by atoms with van der Waals surface area (Å²) < 4.78 is 6.73. The first-order valence-electron chi connectivity index (χ1n) is 6.55. The van der Waals surface area contributed by atoms with E-state index in [1.54, 1.807) is 0 Å². The number of rotatable bonds is 4. The summed E-state index contributed by atoms with van der Waals surface area (Å²) in [4.78, 5) is 0.